The van der Waals surface area contributed by atoms with Gasteiger partial charge in [0.25, 0.3) is 0 Å². The summed E-state index contributed by atoms with van der Waals surface area (Å²) in [5.41, 5.74) is 2.17. The van der Waals surface area contributed by atoms with E-state index in [-0.39, 0.29) is 0 Å². The molecule has 0 amide bonds. The molecule has 2 rings (SSSR count). The van der Waals surface area contributed by atoms with Gasteiger partial charge in [-0.1, -0.05) is 31.3 Å². The fourth-order valence-corrected chi connectivity index (χ4v) is 2.21. The van der Waals surface area contributed by atoms with Crippen LogP contribution in [0.4, 0.5) is 5.13 Å². The molecule has 0 aliphatic heterocycles. The zero-order valence-corrected chi connectivity index (χ0v) is 11.2. The minimum absolute atomic E-state index is 0.628. The van der Waals surface area contributed by atoms with Crippen molar-refractivity contribution in [2.45, 2.75) is 20.8 Å². The summed E-state index contributed by atoms with van der Waals surface area (Å²) in [5, 5.41) is 4.31. The van der Waals surface area contributed by atoms with E-state index in [4.69, 9.17) is 0 Å². The standard InChI is InChI=1S/C13H17N3S/c1-9(2)6-15-13-16-8-12(17-13)11-5-4-10(3)14-7-11/h4-5,7-9H,6H2,1-3H3,(H,15,16). The summed E-state index contributed by atoms with van der Waals surface area (Å²) < 4.78 is 0. The first-order valence-corrected chi connectivity index (χ1v) is 6.59. The van der Waals surface area contributed by atoms with Gasteiger partial charge in [0.15, 0.2) is 5.13 Å². The highest BCUT2D eigenvalue weighted by Gasteiger charge is 2.04. The first-order chi connectivity index (χ1) is 8.15. The van der Waals surface area contributed by atoms with E-state index in [1.165, 1.54) is 0 Å². The van der Waals surface area contributed by atoms with Crippen LogP contribution < -0.4 is 5.32 Å². The lowest BCUT2D eigenvalue weighted by molar-refractivity contribution is 0.688. The zero-order chi connectivity index (χ0) is 12.3. The van der Waals surface area contributed by atoms with Crippen LogP contribution in [0.1, 0.15) is 19.5 Å². The van der Waals surface area contributed by atoms with Gasteiger partial charge in [0.1, 0.15) is 0 Å². The molecule has 0 unspecified atom stereocenters. The number of aromatic nitrogens is 2. The number of nitrogens with one attached hydrogen (secondary N) is 1. The van der Waals surface area contributed by atoms with E-state index >= 15 is 0 Å². The van der Waals surface area contributed by atoms with Crippen molar-refractivity contribution >= 4 is 16.5 Å². The van der Waals surface area contributed by atoms with E-state index in [9.17, 15) is 0 Å². The molecular weight excluding hydrogens is 230 g/mol. The third kappa shape index (κ3) is 3.27. The van der Waals surface area contributed by atoms with Crippen LogP contribution >= 0.6 is 11.3 Å². The molecule has 2 aromatic heterocycles. The number of pyridine rings is 1. The van der Waals surface area contributed by atoms with Crippen molar-refractivity contribution in [3.63, 3.8) is 0 Å². The molecule has 17 heavy (non-hydrogen) atoms. The quantitative estimate of drug-likeness (QED) is 0.897. The predicted molar refractivity (Wildman–Crippen MR) is 73.4 cm³/mol. The largest absolute Gasteiger partial charge is 0.361 e. The molecule has 0 saturated heterocycles. The van der Waals surface area contributed by atoms with Gasteiger partial charge in [0.2, 0.25) is 0 Å². The Kier molecular flexibility index (Phi) is 3.74. The van der Waals surface area contributed by atoms with E-state index in [0.29, 0.717) is 5.92 Å². The summed E-state index contributed by atoms with van der Waals surface area (Å²) in [6.07, 6.45) is 3.80. The van der Waals surface area contributed by atoms with Crippen LogP contribution in [0.2, 0.25) is 0 Å². The lowest BCUT2D eigenvalue weighted by atomic mass is 10.2. The van der Waals surface area contributed by atoms with E-state index in [2.05, 4.69) is 35.2 Å². The second kappa shape index (κ2) is 5.27. The predicted octanol–water partition coefficient (Wildman–Crippen LogP) is 3.58. The van der Waals surface area contributed by atoms with Crippen LogP contribution in [0.5, 0.6) is 0 Å². The molecule has 90 valence electrons. The number of nitrogens with zero attached hydrogens (tertiary/aromatic N) is 2. The number of anilines is 1. The molecule has 2 aromatic rings. The first kappa shape index (κ1) is 12.0. The molecule has 0 aromatic carbocycles. The molecule has 0 saturated carbocycles. The third-order valence-corrected chi connectivity index (χ3v) is 3.37. The van der Waals surface area contributed by atoms with Crippen LogP contribution in [-0.2, 0) is 0 Å². The van der Waals surface area contributed by atoms with E-state index in [1.807, 2.05) is 25.4 Å². The fraction of sp³-hybridized carbons (Fsp3) is 0.385. The molecule has 0 aliphatic carbocycles. The molecular formula is C13H17N3S. The molecule has 0 aliphatic rings. The molecule has 1 N–H and O–H groups in total. The molecule has 4 heteroatoms. The van der Waals surface area contributed by atoms with Crippen molar-refractivity contribution < 1.29 is 0 Å². The summed E-state index contributed by atoms with van der Waals surface area (Å²) in [4.78, 5) is 9.82. The number of hydrogen-bond donors (Lipinski definition) is 1. The lowest BCUT2D eigenvalue weighted by Gasteiger charge is -2.04. The third-order valence-electron chi connectivity index (χ3n) is 2.36. The van der Waals surface area contributed by atoms with Gasteiger partial charge in [-0.3, -0.25) is 4.98 Å². The van der Waals surface area contributed by atoms with Gasteiger partial charge >= 0.3 is 0 Å². The second-order valence-corrected chi connectivity index (χ2v) is 5.52. The SMILES string of the molecule is Cc1ccc(-c2cnc(NCC(C)C)s2)cn1. The van der Waals surface area contributed by atoms with Crippen LogP contribution in [0.15, 0.2) is 24.5 Å². The summed E-state index contributed by atoms with van der Waals surface area (Å²) in [6.45, 7) is 7.32. The van der Waals surface area contributed by atoms with Crippen LogP contribution in [0, 0.1) is 12.8 Å². The molecule has 0 fully saturated rings. The monoisotopic (exact) mass is 247 g/mol. The Bertz CT molecular complexity index is 474. The Balaban J connectivity index is 2.10. The van der Waals surface area contributed by atoms with Crippen molar-refractivity contribution in [2.75, 3.05) is 11.9 Å². The highest BCUT2D eigenvalue weighted by atomic mass is 32.1. The molecule has 0 bridgehead atoms. The number of aryl methyl sites for hydroxylation is 1. The van der Waals surface area contributed by atoms with Gasteiger partial charge in [-0.05, 0) is 18.9 Å². The Morgan fingerprint density at radius 3 is 2.71 bits per heavy atom. The van der Waals surface area contributed by atoms with Crippen molar-refractivity contribution in [1.29, 1.82) is 0 Å². The fourth-order valence-electron chi connectivity index (χ4n) is 1.39. The van der Waals surface area contributed by atoms with Gasteiger partial charge in [-0.2, -0.15) is 0 Å². The van der Waals surface area contributed by atoms with Crippen LogP contribution in [0.25, 0.3) is 10.4 Å². The number of hydrogen-bond acceptors (Lipinski definition) is 4. The van der Waals surface area contributed by atoms with E-state index in [1.54, 1.807) is 11.3 Å². The Morgan fingerprint density at radius 1 is 1.24 bits per heavy atom. The molecule has 2 heterocycles. The van der Waals surface area contributed by atoms with Gasteiger partial charge in [0.05, 0.1) is 4.88 Å². The van der Waals surface area contributed by atoms with Crippen molar-refractivity contribution in [3.05, 3.63) is 30.2 Å². The average molecular weight is 247 g/mol. The zero-order valence-electron chi connectivity index (χ0n) is 10.4. The molecule has 3 nitrogen and oxygen atoms in total. The maximum absolute atomic E-state index is 4.37. The summed E-state index contributed by atoms with van der Waals surface area (Å²) >= 11 is 1.67. The van der Waals surface area contributed by atoms with E-state index in [0.717, 1.165) is 27.8 Å². The number of rotatable bonds is 4. The first-order valence-electron chi connectivity index (χ1n) is 5.78. The van der Waals surface area contributed by atoms with Crippen LogP contribution in [0.3, 0.4) is 0 Å². The van der Waals surface area contributed by atoms with E-state index < -0.39 is 0 Å². The molecule has 0 spiro atoms. The second-order valence-electron chi connectivity index (χ2n) is 4.49. The summed E-state index contributed by atoms with van der Waals surface area (Å²) in [5.74, 6) is 0.628. The summed E-state index contributed by atoms with van der Waals surface area (Å²) in [6, 6.07) is 4.11. The normalized spacial score (nSPS) is 10.8. The van der Waals surface area contributed by atoms with Gasteiger partial charge in [-0.15, -0.1) is 0 Å². The highest BCUT2D eigenvalue weighted by molar-refractivity contribution is 7.18. The number of thiazole rings is 1. The highest BCUT2D eigenvalue weighted by Crippen LogP contribution is 2.28. The minimum Gasteiger partial charge on any atom is -0.361 e. The van der Waals surface area contributed by atoms with Crippen molar-refractivity contribution in [2.24, 2.45) is 5.92 Å². The Hall–Kier alpha value is -1.42. The maximum atomic E-state index is 4.37. The Labute approximate surface area is 106 Å². The smallest absolute Gasteiger partial charge is 0.183 e. The molecule has 0 radical (unpaired) electrons. The van der Waals surface area contributed by atoms with Crippen molar-refractivity contribution in [3.8, 4) is 10.4 Å². The van der Waals surface area contributed by atoms with Gasteiger partial charge < -0.3 is 5.32 Å². The topological polar surface area (TPSA) is 37.8 Å². The van der Waals surface area contributed by atoms with Crippen LogP contribution in [-0.4, -0.2) is 16.5 Å². The van der Waals surface area contributed by atoms with Gasteiger partial charge in [0, 0.05) is 30.2 Å². The minimum atomic E-state index is 0.628. The lowest BCUT2D eigenvalue weighted by Crippen LogP contribution is -2.07. The van der Waals surface area contributed by atoms with Crippen molar-refractivity contribution in [1.82, 2.24) is 9.97 Å². The Morgan fingerprint density at radius 2 is 2.06 bits per heavy atom. The molecule has 0 atom stereocenters. The summed E-state index contributed by atoms with van der Waals surface area (Å²) in [7, 11) is 0. The maximum Gasteiger partial charge on any atom is 0.183 e. The van der Waals surface area contributed by atoms with Gasteiger partial charge in [-0.25, -0.2) is 4.98 Å². The average Bonchev–Trinajstić information content (AvgIpc) is 2.76.